The van der Waals surface area contributed by atoms with Crippen molar-refractivity contribution in [1.82, 2.24) is 4.90 Å². The van der Waals surface area contributed by atoms with Crippen LogP contribution in [0.3, 0.4) is 0 Å². The van der Waals surface area contributed by atoms with Gasteiger partial charge in [0.1, 0.15) is 0 Å². The van der Waals surface area contributed by atoms with E-state index >= 15 is 0 Å². The maximum Gasteiger partial charge on any atom is 0.0570 e. The van der Waals surface area contributed by atoms with E-state index in [0.717, 1.165) is 19.4 Å². The molecule has 1 N–H and O–H groups in total. The van der Waals surface area contributed by atoms with Crippen LogP contribution in [0.1, 0.15) is 39.0 Å². The molecule has 2 rings (SSSR count). The van der Waals surface area contributed by atoms with Gasteiger partial charge in [-0.15, -0.1) is 0 Å². The number of piperidine rings is 2. The fourth-order valence-electron chi connectivity index (χ4n) is 2.76. The number of hydrogen-bond donors (Lipinski definition) is 1. The van der Waals surface area contributed by atoms with Crippen LogP contribution in [0.15, 0.2) is 0 Å². The van der Waals surface area contributed by atoms with Crippen molar-refractivity contribution in [2.24, 2.45) is 0 Å². The fourth-order valence-corrected chi connectivity index (χ4v) is 2.76. The largest absolute Gasteiger partial charge is 0.393 e. The Morgan fingerprint density at radius 2 is 2.17 bits per heavy atom. The number of rotatable bonds is 0. The third kappa shape index (κ3) is 1.38. The van der Waals surface area contributed by atoms with Crippen LogP contribution in [0.5, 0.6) is 0 Å². The molecule has 0 bridgehead atoms. The fraction of sp³-hybridized carbons (Fsp3) is 1.00. The topological polar surface area (TPSA) is 23.5 Å². The summed E-state index contributed by atoms with van der Waals surface area (Å²) < 4.78 is 0. The summed E-state index contributed by atoms with van der Waals surface area (Å²) in [5.41, 5.74) is 0.329. The lowest BCUT2D eigenvalue weighted by Gasteiger charge is -2.49. The highest BCUT2D eigenvalue weighted by atomic mass is 16.3. The van der Waals surface area contributed by atoms with Gasteiger partial charge in [-0.3, -0.25) is 4.90 Å². The maximum atomic E-state index is 9.59. The SMILES string of the molecule is CC12CCCCN1CC[C@H](O)C2. The Hall–Kier alpha value is -0.0800. The van der Waals surface area contributed by atoms with Gasteiger partial charge in [0.25, 0.3) is 0 Å². The minimum atomic E-state index is -0.0376. The highest BCUT2D eigenvalue weighted by Crippen LogP contribution is 2.35. The van der Waals surface area contributed by atoms with Gasteiger partial charge in [-0.1, -0.05) is 6.42 Å². The minimum Gasteiger partial charge on any atom is -0.393 e. The molecule has 12 heavy (non-hydrogen) atoms. The summed E-state index contributed by atoms with van der Waals surface area (Å²) in [6, 6.07) is 0. The zero-order chi connectivity index (χ0) is 8.60. The minimum absolute atomic E-state index is 0.0376. The molecule has 2 fully saturated rings. The lowest BCUT2D eigenvalue weighted by atomic mass is 9.80. The molecule has 1 unspecified atom stereocenters. The Bertz CT molecular complexity index is 171. The second-order valence-corrected chi connectivity index (χ2v) is 4.59. The molecule has 2 aliphatic rings. The van der Waals surface area contributed by atoms with Crippen LogP contribution < -0.4 is 0 Å². The van der Waals surface area contributed by atoms with E-state index in [2.05, 4.69) is 11.8 Å². The third-order valence-electron chi connectivity index (χ3n) is 3.56. The van der Waals surface area contributed by atoms with E-state index in [-0.39, 0.29) is 6.10 Å². The average molecular weight is 169 g/mol. The highest BCUT2D eigenvalue weighted by Gasteiger charge is 2.38. The molecule has 0 aromatic heterocycles. The van der Waals surface area contributed by atoms with E-state index in [9.17, 15) is 5.11 Å². The van der Waals surface area contributed by atoms with Crippen LogP contribution in [0.25, 0.3) is 0 Å². The van der Waals surface area contributed by atoms with E-state index in [1.807, 2.05) is 0 Å². The molecular formula is C10H19NO. The van der Waals surface area contributed by atoms with Crippen molar-refractivity contribution in [1.29, 1.82) is 0 Å². The zero-order valence-electron chi connectivity index (χ0n) is 7.92. The molecule has 2 nitrogen and oxygen atoms in total. The molecule has 2 saturated heterocycles. The van der Waals surface area contributed by atoms with Crippen molar-refractivity contribution in [3.63, 3.8) is 0 Å². The van der Waals surface area contributed by atoms with Crippen LogP contribution >= 0.6 is 0 Å². The van der Waals surface area contributed by atoms with Gasteiger partial charge < -0.3 is 5.11 Å². The number of nitrogens with zero attached hydrogens (tertiary/aromatic N) is 1. The quantitative estimate of drug-likeness (QED) is 0.592. The lowest BCUT2D eigenvalue weighted by molar-refractivity contribution is -0.0333. The normalized spacial score (nSPS) is 44.0. The van der Waals surface area contributed by atoms with E-state index in [0.29, 0.717) is 5.54 Å². The lowest BCUT2D eigenvalue weighted by Crippen LogP contribution is -2.55. The van der Waals surface area contributed by atoms with Crippen LogP contribution in [-0.2, 0) is 0 Å². The van der Waals surface area contributed by atoms with Crippen molar-refractivity contribution >= 4 is 0 Å². The number of fused-ring (bicyclic) bond motifs is 1. The highest BCUT2D eigenvalue weighted by molar-refractivity contribution is 4.95. The van der Waals surface area contributed by atoms with Crippen molar-refractivity contribution in [2.75, 3.05) is 13.1 Å². The van der Waals surface area contributed by atoms with Gasteiger partial charge >= 0.3 is 0 Å². The molecule has 0 spiro atoms. The summed E-state index contributed by atoms with van der Waals surface area (Å²) in [5, 5.41) is 9.59. The van der Waals surface area contributed by atoms with E-state index in [1.54, 1.807) is 0 Å². The van der Waals surface area contributed by atoms with E-state index in [1.165, 1.54) is 25.8 Å². The molecule has 2 aliphatic heterocycles. The molecular weight excluding hydrogens is 150 g/mol. The summed E-state index contributed by atoms with van der Waals surface area (Å²) in [5.74, 6) is 0. The van der Waals surface area contributed by atoms with Crippen molar-refractivity contribution in [3.8, 4) is 0 Å². The number of hydrogen-bond acceptors (Lipinski definition) is 2. The van der Waals surface area contributed by atoms with Crippen molar-refractivity contribution in [2.45, 2.75) is 50.7 Å². The summed E-state index contributed by atoms with van der Waals surface area (Å²) in [4.78, 5) is 2.57. The monoisotopic (exact) mass is 169 g/mol. The predicted molar refractivity (Wildman–Crippen MR) is 49.1 cm³/mol. The van der Waals surface area contributed by atoms with Gasteiger partial charge in [-0.05, 0) is 39.2 Å². The standard InChI is InChI=1S/C10H19NO/c1-10-5-2-3-6-11(10)7-4-9(12)8-10/h9,12H,2-8H2,1H3/t9-,10?/m0/s1. The first-order valence-electron chi connectivity index (χ1n) is 5.14. The van der Waals surface area contributed by atoms with Gasteiger partial charge in [0, 0.05) is 12.1 Å². The summed E-state index contributed by atoms with van der Waals surface area (Å²) in [6.07, 6.45) is 5.92. The van der Waals surface area contributed by atoms with Gasteiger partial charge in [0.15, 0.2) is 0 Å². The summed E-state index contributed by atoms with van der Waals surface area (Å²) >= 11 is 0. The van der Waals surface area contributed by atoms with Gasteiger partial charge in [0.2, 0.25) is 0 Å². The zero-order valence-corrected chi connectivity index (χ0v) is 7.92. The van der Waals surface area contributed by atoms with Crippen LogP contribution in [-0.4, -0.2) is 34.7 Å². The second-order valence-electron chi connectivity index (χ2n) is 4.59. The molecule has 0 amide bonds. The van der Waals surface area contributed by atoms with Crippen molar-refractivity contribution < 1.29 is 5.11 Å². The summed E-state index contributed by atoms with van der Waals surface area (Å²) in [7, 11) is 0. The van der Waals surface area contributed by atoms with Gasteiger partial charge in [-0.25, -0.2) is 0 Å². The first-order valence-corrected chi connectivity index (χ1v) is 5.14. The molecule has 0 radical (unpaired) electrons. The molecule has 2 heterocycles. The smallest absolute Gasteiger partial charge is 0.0570 e. The predicted octanol–water partition coefficient (Wildman–Crippen LogP) is 1.39. The third-order valence-corrected chi connectivity index (χ3v) is 3.56. The Morgan fingerprint density at radius 3 is 3.00 bits per heavy atom. The Morgan fingerprint density at radius 1 is 1.33 bits per heavy atom. The molecule has 2 atom stereocenters. The maximum absolute atomic E-state index is 9.59. The average Bonchev–Trinajstić information content (AvgIpc) is 2.02. The van der Waals surface area contributed by atoms with Gasteiger partial charge in [0.05, 0.1) is 6.10 Å². The van der Waals surface area contributed by atoms with E-state index in [4.69, 9.17) is 0 Å². The summed E-state index contributed by atoms with van der Waals surface area (Å²) in [6.45, 7) is 4.68. The first-order chi connectivity index (χ1) is 5.71. The first kappa shape index (κ1) is 8.52. The Labute approximate surface area is 74.6 Å². The molecule has 0 aliphatic carbocycles. The Kier molecular flexibility index (Phi) is 2.13. The van der Waals surface area contributed by atoms with E-state index < -0.39 is 0 Å². The van der Waals surface area contributed by atoms with Crippen LogP contribution in [0, 0.1) is 0 Å². The molecule has 0 aromatic carbocycles. The molecule has 0 saturated carbocycles. The number of aliphatic hydroxyl groups is 1. The second kappa shape index (κ2) is 3.00. The molecule has 70 valence electrons. The van der Waals surface area contributed by atoms with Gasteiger partial charge in [-0.2, -0.15) is 0 Å². The molecule has 0 aromatic rings. The van der Waals surface area contributed by atoms with Crippen LogP contribution in [0.2, 0.25) is 0 Å². The Balaban J connectivity index is 2.07. The van der Waals surface area contributed by atoms with Crippen molar-refractivity contribution in [3.05, 3.63) is 0 Å². The molecule has 2 heteroatoms. The van der Waals surface area contributed by atoms with Crippen LogP contribution in [0.4, 0.5) is 0 Å². The number of aliphatic hydroxyl groups excluding tert-OH is 1.